The quantitative estimate of drug-likeness (QED) is 0.776. The van der Waals surface area contributed by atoms with Crippen molar-refractivity contribution >= 4 is 0 Å². The van der Waals surface area contributed by atoms with E-state index in [9.17, 15) is 10.2 Å². The number of hydrogen-bond acceptors (Lipinski definition) is 4. The van der Waals surface area contributed by atoms with Gasteiger partial charge in [-0.3, -0.25) is 0 Å². The van der Waals surface area contributed by atoms with Gasteiger partial charge in [0.2, 0.25) is 0 Å². The highest BCUT2D eigenvalue weighted by Gasteiger charge is 2.15. The topological polar surface area (TPSA) is 71.2 Å². The Bertz CT molecular complexity index is 795. The lowest BCUT2D eigenvalue weighted by atomic mass is 9.98. The highest BCUT2D eigenvalue weighted by atomic mass is 16.3. The molecule has 0 aliphatic heterocycles. The van der Waals surface area contributed by atoms with Gasteiger partial charge in [0.1, 0.15) is 17.2 Å². The Morgan fingerprint density at radius 1 is 1.00 bits per heavy atom. The van der Waals surface area contributed by atoms with Crippen molar-refractivity contribution in [2.24, 2.45) is 0 Å². The van der Waals surface area contributed by atoms with Crippen LogP contribution in [0.1, 0.15) is 25.3 Å². The first kappa shape index (κ1) is 14.1. The van der Waals surface area contributed by atoms with Crippen molar-refractivity contribution in [2.45, 2.75) is 19.8 Å². The molecule has 112 valence electrons. The predicted octanol–water partition coefficient (Wildman–Crippen LogP) is 3.47. The second-order valence-electron chi connectivity index (χ2n) is 5.47. The number of para-hydroxylation sites is 1. The standard InChI is InChI=1S/C17H17N3O2/c1-11(2)13-8-14(17(22)9-16(13)21)15-10-20(19-18-15)12-6-4-3-5-7-12/h3-11,21-22H,1-2H3. The van der Waals surface area contributed by atoms with Gasteiger partial charge in [0, 0.05) is 11.6 Å². The molecule has 0 spiro atoms. The van der Waals surface area contributed by atoms with Gasteiger partial charge in [0.15, 0.2) is 0 Å². The van der Waals surface area contributed by atoms with Gasteiger partial charge >= 0.3 is 0 Å². The first-order valence-corrected chi connectivity index (χ1v) is 7.10. The zero-order chi connectivity index (χ0) is 15.7. The lowest BCUT2D eigenvalue weighted by Crippen LogP contribution is -1.93. The van der Waals surface area contributed by atoms with Gasteiger partial charge in [-0.1, -0.05) is 37.3 Å². The van der Waals surface area contributed by atoms with Crippen LogP contribution < -0.4 is 0 Å². The number of aromatic nitrogens is 3. The Hall–Kier alpha value is -2.82. The fraction of sp³-hybridized carbons (Fsp3) is 0.176. The van der Waals surface area contributed by atoms with E-state index in [4.69, 9.17) is 0 Å². The Kier molecular flexibility index (Phi) is 3.55. The van der Waals surface area contributed by atoms with E-state index in [1.807, 2.05) is 44.2 Å². The molecule has 0 atom stereocenters. The van der Waals surface area contributed by atoms with Gasteiger partial charge in [-0.05, 0) is 29.7 Å². The molecule has 5 nitrogen and oxygen atoms in total. The molecular formula is C17H17N3O2. The molecule has 0 aliphatic carbocycles. The maximum absolute atomic E-state index is 10.1. The minimum atomic E-state index is -0.0120. The zero-order valence-electron chi connectivity index (χ0n) is 12.4. The third-order valence-corrected chi connectivity index (χ3v) is 3.56. The van der Waals surface area contributed by atoms with Crippen LogP contribution in [0.15, 0.2) is 48.7 Å². The fourth-order valence-corrected chi connectivity index (χ4v) is 2.36. The first-order chi connectivity index (χ1) is 10.6. The smallest absolute Gasteiger partial charge is 0.128 e. The molecule has 5 heteroatoms. The predicted molar refractivity (Wildman–Crippen MR) is 84.2 cm³/mol. The van der Waals surface area contributed by atoms with Gasteiger partial charge < -0.3 is 10.2 Å². The average Bonchev–Trinajstić information content (AvgIpc) is 2.97. The van der Waals surface area contributed by atoms with E-state index in [0.29, 0.717) is 11.3 Å². The number of phenolic OH excluding ortho intramolecular Hbond substituents is 2. The van der Waals surface area contributed by atoms with Crippen molar-refractivity contribution in [2.75, 3.05) is 0 Å². The SMILES string of the molecule is CC(C)c1cc(-c2cn(-c3ccccc3)nn2)c(O)cc1O. The van der Waals surface area contributed by atoms with Gasteiger partial charge in [-0.25, -0.2) is 4.68 Å². The van der Waals surface area contributed by atoms with Crippen molar-refractivity contribution in [3.8, 4) is 28.4 Å². The van der Waals surface area contributed by atoms with Crippen molar-refractivity contribution in [3.05, 3.63) is 54.2 Å². The van der Waals surface area contributed by atoms with Crippen molar-refractivity contribution in [1.29, 1.82) is 0 Å². The summed E-state index contributed by atoms with van der Waals surface area (Å²) in [6.45, 7) is 3.97. The first-order valence-electron chi connectivity index (χ1n) is 7.10. The highest BCUT2D eigenvalue weighted by Crippen LogP contribution is 2.37. The van der Waals surface area contributed by atoms with E-state index in [-0.39, 0.29) is 17.4 Å². The molecule has 1 heterocycles. The molecule has 0 fully saturated rings. The molecule has 2 aromatic carbocycles. The van der Waals surface area contributed by atoms with E-state index in [0.717, 1.165) is 11.3 Å². The second kappa shape index (κ2) is 5.52. The van der Waals surface area contributed by atoms with Crippen LogP contribution >= 0.6 is 0 Å². The summed E-state index contributed by atoms with van der Waals surface area (Å²) >= 11 is 0. The van der Waals surface area contributed by atoms with Crippen LogP contribution in [0.4, 0.5) is 0 Å². The zero-order valence-corrected chi connectivity index (χ0v) is 12.4. The molecule has 2 N–H and O–H groups in total. The average molecular weight is 295 g/mol. The molecule has 1 aromatic heterocycles. The molecule has 0 bridgehead atoms. The van der Waals surface area contributed by atoms with Crippen LogP contribution in [0.25, 0.3) is 16.9 Å². The van der Waals surface area contributed by atoms with E-state index in [1.165, 1.54) is 6.07 Å². The Balaban J connectivity index is 2.05. The fourth-order valence-electron chi connectivity index (χ4n) is 2.36. The number of nitrogens with zero attached hydrogens (tertiary/aromatic N) is 3. The number of hydrogen-bond donors (Lipinski definition) is 2. The largest absolute Gasteiger partial charge is 0.508 e. The van der Waals surface area contributed by atoms with Crippen LogP contribution in [0.5, 0.6) is 11.5 Å². The van der Waals surface area contributed by atoms with Crippen LogP contribution in [-0.2, 0) is 0 Å². The van der Waals surface area contributed by atoms with E-state index in [2.05, 4.69) is 10.3 Å². The molecule has 0 saturated carbocycles. The van der Waals surface area contributed by atoms with Crippen LogP contribution in [-0.4, -0.2) is 25.2 Å². The van der Waals surface area contributed by atoms with E-state index in [1.54, 1.807) is 16.9 Å². The normalized spacial score (nSPS) is 11.0. The van der Waals surface area contributed by atoms with Crippen LogP contribution in [0, 0.1) is 0 Å². The summed E-state index contributed by atoms with van der Waals surface area (Å²) in [5, 5.41) is 28.2. The number of aromatic hydroxyl groups is 2. The maximum Gasteiger partial charge on any atom is 0.128 e. The lowest BCUT2D eigenvalue weighted by molar-refractivity contribution is 0.445. The molecule has 0 saturated heterocycles. The molecule has 0 aliphatic rings. The summed E-state index contributed by atoms with van der Waals surface area (Å²) in [7, 11) is 0. The van der Waals surface area contributed by atoms with Crippen LogP contribution in [0.2, 0.25) is 0 Å². The number of benzene rings is 2. The lowest BCUT2D eigenvalue weighted by Gasteiger charge is -2.11. The van der Waals surface area contributed by atoms with Crippen molar-refractivity contribution in [1.82, 2.24) is 15.0 Å². The van der Waals surface area contributed by atoms with E-state index < -0.39 is 0 Å². The summed E-state index contributed by atoms with van der Waals surface area (Å²) < 4.78 is 1.65. The minimum absolute atomic E-state index is 0.0120. The monoisotopic (exact) mass is 295 g/mol. The van der Waals surface area contributed by atoms with Crippen molar-refractivity contribution in [3.63, 3.8) is 0 Å². The summed E-state index contributed by atoms with van der Waals surface area (Å²) in [5.41, 5.74) is 2.78. The summed E-state index contributed by atoms with van der Waals surface area (Å²) in [4.78, 5) is 0. The summed E-state index contributed by atoms with van der Waals surface area (Å²) in [6, 6.07) is 12.7. The molecule has 0 amide bonds. The molecule has 3 rings (SSSR count). The Morgan fingerprint density at radius 2 is 1.73 bits per heavy atom. The van der Waals surface area contributed by atoms with Gasteiger partial charge in [0.05, 0.1) is 11.9 Å². The molecule has 0 unspecified atom stereocenters. The minimum Gasteiger partial charge on any atom is -0.508 e. The van der Waals surface area contributed by atoms with Gasteiger partial charge in [-0.2, -0.15) is 0 Å². The maximum atomic E-state index is 10.1. The van der Waals surface area contributed by atoms with Gasteiger partial charge in [0.25, 0.3) is 0 Å². The van der Waals surface area contributed by atoms with E-state index >= 15 is 0 Å². The highest BCUT2D eigenvalue weighted by molar-refractivity contribution is 5.69. The summed E-state index contributed by atoms with van der Waals surface area (Å²) in [5.74, 6) is 0.220. The molecule has 22 heavy (non-hydrogen) atoms. The molecule has 0 radical (unpaired) electrons. The summed E-state index contributed by atoms with van der Waals surface area (Å²) in [6.07, 6.45) is 1.76. The third kappa shape index (κ3) is 2.53. The van der Waals surface area contributed by atoms with Gasteiger partial charge in [-0.15, -0.1) is 5.10 Å². The molecule has 3 aromatic rings. The Labute approximate surface area is 128 Å². The Morgan fingerprint density at radius 3 is 2.41 bits per heavy atom. The second-order valence-corrected chi connectivity index (χ2v) is 5.47. The molecular weight excluding hydrogens is 278 g/mol. The number of phenols is 2. The van der Waals surface area contributed by atoms with Crippen molar-refractivity contribution < 1.29 is 10.2 Å². The number of rotatable bonds is 3. The third-order valence-electron chi connectivity index (χ3n) is 3.56. The van der Waals surface area contributed by atoms with Crippen LogP contribution in [0.3, 0.4) is 0 Å².